The molecule has 1 aliphatic rings. The molecule has 1 heterocycles. The third-order valence-corrected chi connectivity index (χ3v) is 6.82. The number of benzene rings is 2. The number of carbonyl (C=O) groups is 1. The molecule has 1 atom stereocenters. The highest BCUT2D eigenvalue weighted by Crippen LogP contribution is 2.20. The van der Waals surface area contributed by atoms with Crippen molar-refractivity contribution in [3.05, 3.63) is 64.7 Å². The van der Waals surface area contributed by atoms with E-state index in [1.54, 1.807) is 48.5 Å². The summed E-state index contributed by atoms with van der Waals surface area (Å²) in [6.07, 6.45) is 1.87. The van der Waals surface area contributed by atoms with Crippen LogP contribution in [0.2, 0.25) is 5.02 Å². The van der Waals surface area contributed by atoms with Crippen LogP contribution in [0.25, 0.3) is 0 Å². The predicted molar refractivity (Wildman–Crippen MR) is 112 cm³/mol. The van der Waals surface area contributed by atoms with Crippen LogP contribution in [0.15, 0.2) is 53.4 Å². The van der Waals surface area contributed by atoms with Gasteiger partial charge in [0.25, 0.3) is 0 Å². The van der Waals surface area contributed by atoms with Gasteiger partial charge in [0.05, 0.1) is 17.5 Å². The summed E-state index contributed by atoms with van der Waals surface area (Å²) in [6.45, 7) is 2.73. The van der Waals surface area contributed by atoms with Crippen LogP contribution >= 0.6 is 11.6 Å². The van der Waals surface area contributed by atoms with Crippen LogP contribution < -0.4 is 5.32 Å². The SMILES string of the molecule is Cc1ccc(S(=O)(=O)N(CC(=O)NC[C@H]2CCCO2)Cc2cccc(Cl)c2)cc1. The van der Waals surface area contributed by atoms with E-state index in [0.29, 0.717) is 23.7 Å². The molecule has 0 radical (unpaired) electrons. The van der Waals surface area contributed by atoms with Gasteiger partial charge in [0.2, 0.25) is 15.9 Å². The largest absolute Gasteiger partial charge is 0.376 e. The van der Waals surface area contributed by atoms with Gasteiger partial charge in [0.1, 0.15) is 0 Å². The molecule has 1 amide bonds. The number of hydrogen-bond donors (Lipinski definition) is 1. The van der Waals surface area contributed by atoms with E-state index in [1.807, 2.05) is 6.92 Å². The minimum absolute atomic E-state index is 0.00552. The number of nitrogens with zero attached hydrogens (tertiary/aromatic N) is 1. The zero-order valence-electron chi connectivity index (χ0n) is 16.3. The van der Waals surface area contributed by atoms with Crippen molar-refractivity contribution in [1.82, 2.24) is 9.62 Å². The van der Waals surface area contributed by atoms with Gasteiger partial charge >= 0.3 is 0 Å². The average Bonchev–Trinajstić information content (AvgIpc) is 3.20. The highest BCUT2D eigenvalue weighted by molar-refractivity contribution is 7.89. The predicted octanol–water partition coefficient (Wildman–Crippen LogP) is 3.13. The van der Waals surface area contributed by atoms with E-state index in [2.05, 4.69) is 5.32 Å². The summed E-state index contributed by atoms with van der Waals surface area (Å²) < 4.78 is 33.1. The molecular formula is C21H25ClN2O4S. The second-order valence-electron chi connectivity index (χ2n) is 7.16. The van der Waals surface area contributed by atoms with Crippen LogP contribution in [0.4, 0.5) is 0 Å². The Morgan fingerprint density at radius 3 is 2.66 bits per heavy atom. The lowest BCUT2D eigenvalue weighted by Crippen LogP contribution is -2.42. The maximum atomic E-state index is 13.2. The second-order valence-corrected chi connectivity index (χ2v) is 9.53. The maximum Gasteiger partial charge on any atom is 0.243 e. The Kier molecular flexibility index (Phi) is 7.29. The third kappa shape index (κ3) is 6.02. The van der Waals surface area contributed by atoms with Crippen LogP contribution in [-0.2, 0) is 26.1 Å². The molecule has 0 aliphatic carbocycles. The lowest BCUT2D eigenvalue weighted by Gasteiger charge is -2.22. The van der Waals surface area contributed by atoms with Crippen LogP contribution in [0.1, 0.15) is 24.0 Å². The van der Waals surface area contributed by atoms with Crippen molar-refractivity contribution in [2.75, 3.05) is 19.7 Å². The summed E-state index contributed by atoms with van der Waals surface area (Å²) in [6, 6.07) is 13.5. The first-order valence-electron chi connectivity index (χ1n) is 9.54. The number of aryl methyl sites for hydroxylation is 1. The molecule has 156 valence electrons. The smallest absolute Gasteiger partial charge is 0.243 e. The number of ether oxygens (including phenoxy) is 1. The molecule has 2 aromatic rings. The lowest BCUT2D eigenvalue weighted by molar-refractivity contribution is -0.121. The summed E-state index contributed by atoms with van der Waals surface area (Å²) >= 11 is 6.04. The number of amides is 1. The van der Waals surface area contributed by atoms with Crippen LogP contribution in [0.3, 0.4) is 0 Å². The van der Waals surface area contributed by atoms with E-state index < -0.39 is 10.0 Å². The van der Waals surface area contributed by atoms with E-state index >= 15 is 0 Å². The Balaban J connectivity index is 1.78. The molecule has 29 heavy (non-hydrogen) atoms. The van der Waals surface area contributed by atoms with E-state index in [-0.39, 0.29) is 30.0 Å². The van der Waals surface area contributed by atoms with Gasteiger partial charge in [-0.05, 0) is 49.6 Å². The number of rotatable bonds is 8. The van der Waals surface area contributed by atoms with Crippen LogP contribution in [-0.4, -0.2) is 44.4 Å². The summed E-state index contributed by atoms with van der Waals surface area (Å²) in [5, 5.41) is 3.30. The molecule has 0 saturated carbocycles. The van der Waals surface area contributed by atoms with Crippen molar-refractivity contribution in [3.8, 4) is 0 Å². The van der Waals surface area contributed by atoms with E-state index in [1.165, 1.54) is 4.31 Å². The highest BCUT2D eigenvalue weighted by Gasteiger charge is 2.27. The zero-order chi connectivity index (χ0) is 20.9. The highest BCUT2D eigenvalue weighted by atomic mass is 35.5. The van der Waals surface area contributed by atoms with Crippen LogP contribution in [0.5, 0.6) is 0 Å². The Morgan fingerprint density at radius 2 is 2.00 bits per heavy atom. The van der Waals surface area contributed by atoms with E-state index in [0.717, 1.165) is 18.4 Å². The molecular weight excluding hydrogens is 412 g/mol. The van der Waals surface area contributed by atoms with Crippen molar-refractivity contribution >= 4 is 27.5 Å². The molecule has 0 unspecified atom stereocenters. The Labute approximate surface area is 176 Å². The normalized spacial score (nSPS) is 16.9. The zero-order valence-corrected chi connectivity index (χ0v) is 17.9. The summed E-state index contributed by atoms with van der Waals surface area (Å²) in [5.74, 6) is -0.363. The van der Waals surface area contributed by atoms with Gasteiger partial charge in [-0.3, -0.25) is 4.79 Å². The molecule has 1 N–H and O–H groups in total. The number of hydrogen-bond acceptors (Lipinski definition) is 4. The average molecular weight is 437 g/mol. The lowest BCUT2D eigenvalue weighted by atomic mass is 10.2. The molecule has 2 aromatic carbocycles. The molecule has 8 heteroatoms. The number of carbonyl (C=O) groups excluding carboxylic acids is 1. The van der Waals surface area contributed by atoms with Gasteiger partial charge in [-0.15, -0.1) is 0 Å². The van der Waals surface area contributed by atoms with Crippen molar-refractivity contribution < 1.29 is 17.9 Å². The number of sulfonamides is 1. The van der Waals surface area contributed by atoms with Crippen molar-refractivity contribution in [3.63, 3.8) is 0 Å². The molecule has 1 aliphatic heterocycles. The fraction of sp³-hybridized carbons (Fsp3) is 0.381. The Bertz CT molecular complexity index is 941. The first-order valence-corrected chi connectivity index (χ1v) is 11.4. The minimum Gasteiger partial charge on any atom is -0.376 e. The molecule has 0 bridgehead atoms. The first-order chi connectivity index (χ1) is 13.8. The monoisotopic (exact) mass is 436 g/mol. The minimum atomic E-state index is -3.86. The molecule has 1 saturated heterocycles. The summed E-state index contributed by atoms with van der Waals surface area (Å²) in [4.78, 5) is 12.7. The molecule has 6 nitrogen and oxygen atoms in total. The van der Waals surface area contributed by atoms with Crippen molar-refractivity contribution in [2.45, 2.75) is 37.3 Å². The Morgan fingerprint density at radius 1 is 1.24 bits per heavy atom. The fourth-order valence-electron chi connectivity index (χ4n) is 3.17. The molecule has 0 aromatic heterocycles. The van der Waals surface area contributed by atoms with Gasteiger partial charge in [0, 0.05) is 24.7 Å². The fourth-order valence-corrected chi connectivity index (χ4v) is 4.77. The summed E-state index contributed by atoms with van der Waals surface area (Å²) in [7, 11) is -3.86. The molecule has 1 fully saturated rings. The number of nitrogens with one attached hydrogen (secondary N) is 1. The van der Waals surface area contributed by atoms with Gasteiger partial charge in [-0.25, -0.2) is 8.42 Å². The van der Waals surface area contributed by atoms with Gasteiger partial charge in [-0.1, -0.05) is 41.4 Å². The summed E-state index contributed by atoms with van der Waals surface area (Å²) in [5.41, 5.74) is 1.67. The maximum absolute atomic E-state index is 13.2. The number of halogens is 1. The van der Waals surface area contributed by atoms with Crippen molar-refractivity contribution in [2.24, 2.45) is 0 Å². The van der Waals surface area contributed by atoms with Gasteiger partial charge in [0.15, 0.2) is 0 Å². The van der Waals surface area contributed by atoms with Gasteiger partial charge in [-0.2, -0.15) is 4.31 Å². The quantitative estimate of drug-likeness (QED) is 0.689. The van der Waals surface area contributed by atoms with E-state index in [4.69, 9.17) is 16.3 Å². The van der Waals surface area contributed by atoms with E-state index in [9.17, 15) is 13.2 Å². The van der Waals surface area contributed by atoms with Crippen LogP contribution in [0, 0.1) is 6.92 Å². The Hall–Kier alpha value is -1.93. The molecule has 0 spiro atoms. The topological polar surface area (TPSA) is 75.7 Å². The van der Waals surface area contributed by atoms with Gasteiger partial charge < -0.3 is 10.1 Å². The second kappa shape index (κ2) is 9.71. The molecule has 3 rings (SSSR count). The van der Waals surface area contributed by atoms with Crippen molar-refractivity contribution in [1.29, 1.82) is 0 Å². The first kappa shape index (κ1) is 21.8. The standard InChI is InChI=1S/C21H25ClN2O4S/c1-16-7-9-20(10-8-16)29(26,27)24(14-17-4-2-5-18(22)12-17)15-21(25)23-13-19-6-3-11-28-19/h2,4-5,7-10,12,19H,3,6,11,13-15H2,1H3,(H,23,25)/t19-/m1/s1. The third-order valence-electron chi connectivity index (χ3n) is 4.78.